The van der Waals surface area contributed by atoms with Crippen LogP contribution in [0.5, 0.6) is 17.2 Å². The van der Waals surface area contributed by atoms with Gasteiger partial charge in [0.2, 0.25) is 10.0 Å². The quantitative estimate of drug-likeness (QED) is 0.704. The number of ether oxygens (including phenoxy) is 3. The van der Waals surface area contributed by atoms with E-state index in [1.54, 1.807) is 22.5 Å². The number of sulfonamides is 1. The molecule has 1 saturated heterocycles. The first kappa shape index (κ1) is 18.6. The highest BCUT2D eigenvalue weighted by molar-refractivity contribution is 9.10. The van der Waals surface area contributed by atoms with E-state index in [4.69, 9.17) is 14.2 Å². The molecule has 0 aliphatic carbocycles. The largest absolute Gasteiger partial charge is 0.495 e. The van der Waals surface area contributed by atoms with Crippen molar-refractivity contribution in [2.75, 3.05) is 26.9 Å². The van der Waals surface area contributed by atoms with Gasteiger partial charge in [-0.3, -0.25) is 0 Å². The summed E-state index contributed by atoms with van der Waals surface area (Å²) >= 11 is 3.36. The fourth-order valence-electron chi connectivity index (χ4n) is 3.61. The van der Waals surface area contributed by atoms with Crippen molar-refractivity contribution in [3.8, 4) is 17.2 Å². The number of rotatable bonds is 4. The normalized spacial score (nSPS) is 19.9. The number of fused-ring (bicyclic) bond motifs is 1. The van der Waals surface area contributed by atoms with Gasteiger partial charge in [-0.15, -0.1) is 0 Å². The van der Waals surface area contributed by atoms with Gasteiger partial charge in [0, 0.05) is 11.0 Å². The van der Waals surface area contributed by atoms with Crippen LogP contribution < -0.4 is 14.2 Å². The molecule has 0 saturated carbocycles. The van der Waals surface area contributed by atoms with E-state index in [1.807, 2.05) is 18.2 Å². The fraction of sp³-hybridized carbons (Fsp3) is 0.368. The SMILES string of the molecule is COc1ccc(Br)cc1S(=O)(=O)N1CCC[C@H]1c1ccc2c(c1)OCCO2. The van der Waals surface area contributed by atoms with Gasteiger partial charge in [-0.1, -0.05) is 22.0 Å². The number of hydrogen-bond donors (Lipinski definition) is 0. The summed E-state index contributed by atoms with van der Waals surface area (Å²) < 4.78 is 45.6. The van der Waals surface area contributed by atoms with Crippen LogP contribution in [0.2, 0.25) is 0 Å². The zero-order valence-corrected chi connectivity index (χ0v) is 17.3. The monoisotopic (exact) mass is 453 g/mol. The Morgan fingerprint density at radius 3 is 2.67 bits per heavy atom. The van der Waals surface area contributed by atoms with Crippen LogP contribution in [-0.4, -0.2) is 39.6 Å². The van der Waals surface area contributed by atoms with Gasteiger partial charge >= 0.3 is 0 Å². The van der Waals surface area contributed by atoms with Crippen molar-refractivity contribution < 1.29 is 22.6 Å². The third-order valence-electron chi connectivity index (χ3n) is 4.87. The van der Waals surface area contributed by atoms with E-state index in [9.17, 15) is 8.42 Å². The number of nitrogens with zero attached hydrogens (tertiary/aromatic N) is 1. The van der Waals surface area contributed by atoms with Crippen molar-refractivity contribution in [3.63, 3.8) is 0 Å². The molecule has 1 fully saturated rings. The Bertz CT molecular complexity index is 963. The Balaban J connectivity index is 1.72. The third kappa shape index (κ3) is 3.41. The number of halogens is 1. The van der Waals surface area contributed by atoms with E-state index in [0.29, 0.717) is 41.5 Å². The van der Waals surface area contributed by atoms with E-state index in [2.05, 4.69) is 15.9 Å². The maximum Gasteiger partial charge on any atom is 0.247 e. The highest BCUT2D eigenvalue weighted by Gasteiger charge is 2.38. The van der Waals surface area contributed by atoms with Crippen molar-refractivity contribution in [1.82, 2.24) is 4.31 Å². The van der Waals surface area contributed by atoms with Gasteiger partial charge < -0.3 is 14.2 Å². The maximum absolute atomic E-state index is 13.4. The summed E-state index contributed by atoms with van der Waals surface area (Å²) in [7, 11) is -2.24. The van der Waals surface area contributed by atoms with Gasteiger partial charge in [-0.05, 0) is 48.7 Å². The van der Waals surface area contributed by atoms with Crippen molar-refractivity contribution in [1.29, 1.82) is 0 Å². The summed E-state index contributed by atoms with van der Waals surface area (Å²) in [6.45, 7) is 1.49. The molecule has 144 valence electrons. The second-order valence-electron chi connectivity index (χ2n) is 6.47. The molecule has 0 bridgehead atoms. The van der Waals surface area contributed by atoms with Crippen molar-refractivity contribution in [3.05, 3.63) is 46.4 Å². The first-order chi connectivity index (χ1) is 13.0. The zero-order chi connectivity index (χ0) is 19.0. The van der Waals surface area contributed by atoms with E-state index >= 15 is 0 Å². The van der Waals surface area contributed by atoms with Gasteiger partial charge in [0.15, 0.2) is 11.5 Å². The first-order valence-corrected chi connectivity index (χ1v) is 11.0. The molecule has 8 heteroatoms. The lowest BCUT2D eigenvalue weighted by Crippen LogP contribution is -2.31. The molecule has 0 unspecified atom stereocenters. The van der Waals surface area contributed by atoms with Crippen LogP contribution >= 0.6 is 15.9 Å². The minimum Gasteiger partial charge on any atom is -0.495 e. The summed E-state index contributed by atoms with van der Waals surface area (Å²) in [6, 6.07) is 10.4. The number of methoxy groups -OCH3 is 1. The molecule has 2 heterocycles. The van der Waals surface area contributed by atoms with Crippen molar-refractivity contribution >= 4 is 26.0 Å². The third-order valence-corrected chi connectivity index (χ3v) is 7.29. The molecular weight excluding hydrogens is 434 g/mol. The Morgan fingerprint density at radius 1 is 1.11 bits per heavy atom. The van der Waals surface area contributed by atoms with Crippen LogP contribution in [-0.2, 0) is 10.0 Å². The Morgan fingerprint density at radius 2 is 1.89 bits per heavy atom. The Kier molecular flexibility index (Phi) is 5.05. The molecule has 4 rings (SSSR count). The smallest absolute Gasteiger partial charge is 0.247 e. The summed E-state index contributed by atoms with van der Waals surface area (Å²) in [4.78, 5) is 0.170. The molecule has 0 spiro atoms. The molecular formula is C19H20BrNO5S. The van der Waals surface area contributed by atoms with Crippen LogP contribution in [0.15, 0.2) is 45.8 Å². The molecule has 0 amide bonds. The van der Waals surface area contributed by atoms with Gasteiger partial charge in [-0.2, -0.15) is 4.31 Å². The molecule has 6 nitrogen and oxygen atoms in total. The molecule has 1 atom stereocenters. The zero-order valence-electron chi connectivity index (χ0n) is 14.9. The summed E-state index contributed by atoms with van der Waals surface area (Å²) in [5, 5.41) is 0. The standard InChI is InChI=1S/C19H20BrNO5S/c1-24-17-7-5-14(20)12-19(17)27(22,23)21-8-2-3-15(21)13-4-6-16-18(11-13)26-10-9-25-16/h4-7,11-12,15H,2-3,8-10H2,1H3/t15-/m0/s1. The lowest BCUT2D eigenvalue weighted by molar-refractivity contribution is 0.171. The van der Waals surface area contributed by atoms with Crippen LogP contribution in [0.1, 0.15) is 24.4 Å². The Hall–Kier alpha value is -1.77. The fourth-order valence-corrected chi connectivity index (χ4v) is 5.98. The maximum atomic E-state index is 13.4. The Labute approximate surface area is 167 Å². The van der Waals surface area contributed by atoms with Crippen LogP contribution in [0.25, 0.3) is 0 Å². The van der Waals surface area contributed by atoms with Gasteiger partial charge in [0.25, 0.3) is 0 Å². The van der Waals surface area contributed by atoms with Crippen molar-refractivity contribution in [2.45, 2.75) is 23.8 Å². The number of hydrogen-bond acceptors (Lipinski definition) is 5. The van der Waals surface area contributed by atoms with Crippen LogP contribution in [0, 0.1) is 0 Å². The van der Waals surface area contributed by atoms with Gasteiger partial charge in [-0.25, -0.2) is 8.42 Å². The number of benzene rings is 2. The first-order valence-electron chi connectivity index (χ1n) is 8.75. The van der Waals surface area contributed by atoms with E-state index < -0.39 is 10.0 Å². The molecule has 0 radical (unpaired) electrons. The molecule has 27 heavy (non-hydrogen) atoms. The van der Waals surface area contributed by atoms with E-state index in [-0.39, 0.29) is 10.9 Å². The van der Waals surface area contributed by atoms with E-state index in [0.717, 1.165) is 18.4 Å². The molecule has 0 aromatic heterocycles. The lowest BCUT2D eigenvalue weighted by atomic mass is 10.0. The molecule has 2 aliphatic rings. The highest BCUT2D eigenvalue weighted by atomic mass is 79.9. The topological polar surface area (TPSA) is 65.1 Å². The minimum atomic E-state index is -3.72. The molecule has 2 aromatic rings. The van der Waals surface area contributed by atoms with Crippen molar-refractivity contribution in [2.24, 2.45) is 0 Å². The lowest BCUT2D eigenvalue weighted by Gasteiger charge is -2.26. The predicted molar refractivity (Wildman–Crippen MR) is 104 cm³/mol. The summed E-state index contributed by atoms with van der Waals surface area (Å²) in [5.74, 6) is 1.71. The average Bonchev–Trinajstić information content (AvgIpc) is 3.18. The second kappa shape index (κ2) is 7.33. The molecule has 0 N–H and O–H groups in total. The molecule has 2 aromatic carbocycles. The van der Waals surface area contributed by atoms with Gasteiger partial charge in [0.05, 0.1) is 13.2 Å². The highest BCUT2D eigenvalue weighted by Crippen LogP contribution is 2.42. The summed E-state index contributed by atoms with van der Waals surface area (Å²) in [5.41, 5.74) is 0.911. The summed E-state index contributed by atoms with van der Waals surface area (Å²) in [6.07, 6.45) is 1.56. The second-order valence-corrected chi connectivity index (χ2v) is 9.25. The van der Waals surface area contributed by atoms with Crippen LogP contribution in [0.4, 0.5) is 0 Å². The minimum absolute atomic E-state index is 0.170. The average molecular weight is 454 g/mol. The molecule has 2 aliphatic heterocycles. The van der Waals surface area contributed by atoms with Crippen LogP contribution in [0.3, 0.4) is 0 Å². The predicted octanol–water partition coefficient (Wildman–Crippen LogP) is 3.75. The van der Waals surface area contributed by atoms with Gasteiger partial charge in [0.1, 0.15) is 23.9 Å². The van der Waals surface area contributed by atoms with E-state index in [1.165, 1.54) is 7.11 Å².